The molecule has 0 unspecified atom stereocenters. The molecule has 1 saturated carbocycles. The van der Waals surface area contributed by atoms with Gasteiger partial charge < -0.3 is 15.1 Å². The first-order chi connectivity index (χ1) is 6.67. The molecular weight excluding hydrogens is 180 g/mol. The number of nitrogens with one attached hydrogen (secondary N) is 2. The molecule has 1 fully saturated rings. The van der Waals surface area contributed by atoms with Crippen LogP contribution in [0.15, 0.2) is 23.0 Å². The fourth-order valence-corrected chi connectivity index (χ4v) is 1.73. The molecule has 2 aromatic rings. The maximum atomic E-state index is 11.0. The lowest BCUT2D eigenvalue weighted by Crippen LogP contribution is -2.03. The molecule has 1 aromatic carbocycles. The van der Waals surface area contributed by atoms with E-state index in [2.05, 4.69) is 9.97 Å². The Balaban J connectivity index is 2.24. The van der Waals surface area contributed by atoms with Gasteiger partial charge in [0.25, 0.3) is 0 Å². The molecular formula is C10H10N2O2. The SMILES string of the molecule is O=c1[nH]c2ccc(C3(O)CC3)cc2[nH]1. The van der Waals surface area contributed by atoms with Crippen molar-refractivity contribution >= 4 is 11.0 Å². The van der Waals surface area contributed by atoms with Crippen molar-refractivity contribution in [3.8, 4) is 0 Å². The van der Waals surface area contributed by atoms with Gasteiger partial charge in [-0.3, -0.25) is 0 Å². The number of aromatic amines is 2. The van der Waals surface area contributed by atoms with Gasteiger partial charge in [-0.05, 0) is 30.5 Å². The average Bonchev–Trinajstić information content (AvgIpc) is 2.79. The number of hydrogen-bond donors (Lipinski definition) is 3. The predicted molar refractivity (Wildman–Crippen MR) is 52.1 cm³/mol. The number of aromatic nitrogens is 2. The third-order valence-electron chi connectivity index (χ3n) is 2.78. The van der Waals surface area contributed by atoms with Crippen molar-refractivity contribution in [1.29, 1.82) is 0 Å². The summed E-state index contributed by atoms with van der Waals surface area (Å²) in [6.07, 6.45) is 1.63. The first-order valence-corrected chi connectivity index (χ1v) is 4.62. The topological polar surface area (TPSA) is 68.9 Å². The number of fused-ring (bicyclic) bond motifs is 1. The van der Waals surface area contributed by atoms with E-state index in [9.17, 15) is 9.90 Å². The van der Waals surface area contributed by atoms with E-state index < -0.39 is 5.60 Å². The zero-order valence-electron chi connectivity index (χ0n) is 7.50. The van der Waals surface area contributed by atoms with E-state index >= 15 is 0 Å². The molecule has 14 heavy (non-hydrogen) atoms. The smallest absolute Gasteiger partial charge is 0.323 e. The monoisotopic (exact) mass is 190 g/mol. The summed E-state index contributed by atoms with van der Waals surface area (Å²) >= 11 is 0. The second kappa shape index (κ2) is 2.27. The summed E-state index contributed by atoms with van der Waals surface area (Å²) < 4.78 is 0. The average molecular weight is 190 g/mol. The molecule has 0 aliphatic heterocycles. The Labute approximate surface area is 79.6 Å². The number of rotatable bonds is 1. The first-order valence-electron chi connectivity index (χ1n) is 4.62. The van der Waals surface area contributed by atoms with Gasteiger partial charge in [-0.25, -0.2) is 4.79 Å². The van der Waals surface area contributed by atoms with Crippen LogP contribution in [0.1, 0.15) is 18.4 Å². The molecule has 4 nitrogen and oxygen atoms in total. The zero-order valence-corrected chi connectivity index (χ0v) is 7.50. The van der Waals surface area contributed by atoms with Crippen molar-refractivity contribution in [2.24, 2.45) is 0 Å². The molecule has 3 N–H and O–H groups in total. The number of imidazole rings is 1. The van der Waals surface area contributed by atoms with Crippen LogP contribution in [0.2, 0.25) is 0 Å². The lowest BCUT2D eigenvalue weighted by molar-refractivity contribution is 0.151. The number of H-pyrrole nitrogens is 2. The Hall–Kier alpha value is -1.55. The maximum absolute atomic E-state index is 11.0. The van der Waals surface area contributed by atoms with Gasteiger partial charge in [0.2, 0.25) is 0 Å². The number of hydrogen-bond acceptors (Lipinski definition) is 2. The fraction of sp³-hybridized carbons (Fsp3) is 0.300. The highest BCUT2D eigenvalue weighted by atomic mass is 16.3. The van der Waals surface area contributed by atoms with Crippen LogP contribution >= 0.6 is 0 Å². The van der Waals surface area contributed by atoms with Crippen LogP contribution in [0.25, 0.3) is 11.0 Å². The molecule has 1 aliphatic carbocycles. The minimum absolute atomic E-state index is 0.208. The molecule has 0 atom stereocenters. The van der Waals surface area contributed by atoms with Crippen LogP contribution in [0.5, 0.6) is 0 Å². The molecule has 1 aromatic heterocycles. The van der Waals surface area contributed by atoms with Crippen molar-refractivity contribution in [2.75, 3.05) is 0 Å². The molecule has 1 aliphatic rings. The summed E-state index contributed by atoms with van der Waals surface area (Å²) in [5.41, 5.74) is 1.58. The Morgan fingerprint density at radius 2 is 1.93 bits per heavy atom. The van der Waals surface area contributed by atoms with Gasteiger partial charge in [-0.15, -0.1) is 0 Å². The van der Waals surface area contributed by atoms with Crippen LogP contribution in [-0.2, 0) is 5.60 Å². The lowest BCUT2D eigenvalue weighted by Gasteiger charge is -2.06. The van der Waals surface area contributed by atoms with Crippen molar-refractivity contribution in [1.82, 2.24) is 9.97 Å². The van der Waals surface area contributed by atoms with Crippen LogP contribution in [0.3, 0.4) is 0 Å². The van der Waals surface area contributed by atoms with E-state index in [1.165, 1.54) is 0 Å². The summed E-state index contributed by atoms with van der Waals surface area (Å²) in [5.74, 6) is 0. The molecule has 0 saturated heterocycles. The van der Waals surface area contributed by atoms with Crippen LogP contribution in [-0.4, -0.2) is 15.1 Å². The third kappa shape index (κ3) is 1.01. The largest absolute Gasteiger partial charge is 0.385 e. The van der Waals surface area contributed by atoms with E-state index in [1.807, 2.05) is 18.2 Å². The predicted octanol–water partition coefficient (Wildman–Crippen LogP) is 0.838. The van der Waals surface area contributed by atoms with Crippen LogP contribution in [0.4, 0.5) is 0 Å². The molecule has 4 heteroatoms. The summed E-state index contributed by atoms with van der Waals surface area (Å²) in [7, 11) is 0. The molecule has 0 spiro atoms. The van der Waals surface area contributed by atoms with Crippen molar-refractivity contribution in [3.63, 3.8) is 0 Å². The standard InChI is InChI=1S/C10H10N2O2/c13-9-11-7-2-1-6(5-8(7)12-9)10(14)3-4-10/h1-2,5,14H,3-4H2,(H2,11,12,13). The van der Waals surface area contributed by atoms with E-state index in [0.717, 1.165) is 29.4 Å². The Morgan fingerprint density at radius 3 is 2.64 bits per heavy atom. The minimum Gasteiger partial charge on any atom is -0.385 e. The van der Waals surface area contributed by atoms with Gasteiger partial charge in [-0.1, -0.05) is 6.07 Å². The fourth-order valence-electron chi connectivity index (χ4n) is 1.73. The first kappa shape index (κ1) is 7.82. The minimum atomic E-state index is -0.637. The summed E-state index contributed by atoms with van der Waals surface area (Å²) in [6, 6.07) is 5.51. The molecule has 72 valence electrons. The maximum Gasteiger partial charge on any atom is 0.323 e. The molecule has 0 radical (unpaired) electrons. The Kier molecular flexibility index (Phi) is 1.27. The Morgan fingerprint density at radius 1 is 1.21 bits per heavy atom. The summed E-state index contributed by atoms with van der Waals surface area (Å²) in [5, 5.41) is 9.86. The third-order valence-corrected chi connectivity index (χ3v) is 2.78. The van der Waals surface area contributed by atoms with Gasteiger partial charge in [0.1, 0.15) is 0 Å². The number of aliphatic hydroxyl groups is 1. The highest BCUT2D eigenvalue weighted by Gasteiger charge is 2.42. The second-order valence-corrected chi connectivity index (χ2v) is 3.87. The van der Waals surface area contributed by atoms with Gasteiger partial charge in [-0.2, -0.15) is 0 Å². The van der Waals surface area contributed by atoms with Gasteiger partial charge >= 0.3 is 5.69 Å². The summed E-state index contributed by atoms with van der Waals surface area (Å²) in [4.78, 5) is 16.3. The van der Waals surface area contributed by atoms with Crippen LogP contribution < -0.4 is 5.69 Å². The van der Waals surface area contributed by atoms with E-state index in [1.54, 1.807) is 0 Å². The van der Waals surface area contributed by atoms with Gasteiger partial charge in [0, 0.05) is 0 Å². The van der Waals surface area contributed by atoms with Crippen molar-refractivity contribution in [3.05, 3.63) is 34.2 Å². The second-order valence-electron chi connectivity index (χ2n) is 3.87. The Bertz CT molecular complexity index is 548. The molecule has 0 bridgehead atoms. The van der Waals surface area contributed by atoms with Crippen LogP contribution in [0, 0.1) is 0 Å². The zero-order chi connectivity index (χ0) is 9.76. The van der Waals surface area contributed by atoms with E-state index in [0.29, 0.717) is 0 Å². The lowest BCUT2D eigenvalue weighted by atomic mass is 10.1. The van der Waals surface area contributed by atoms with Gasteiger partial charge in [0.15, 0.2) is 0 Å². The highest BCUT2D eigenvalue weighted by molar-refractivity contribution is 5.75. The highest BCUT2D eigenvalue weighted by Crippen LogP contribution is 2.45. The van der Waals surface area contributed by atoms with E-state index in [-0.39, 0.29) is 5.69 Å². The molecule has 3 rings (SSSR count). The molecule has 1 heterocycles. The molecule has 0 amide bonds. The normalized spacial score (nSPS) is 18.6. The van der Waals surface area contributed by atoms with Gasteiger partial charge in [0.05, 0.1) is 16.6 Å². The van der Waals surface area contributed by atoms with Crippen molar-refractivity contribution in [2.45, 2.75) is 18.4 Å². The summed E-state index contributed by atoms with van der Waals surface area (Å²) in [6.45, 7) is 0. The quantitative estimate of drug-likeness (QED) is 0.623. The number of benzene rings is 1. The van der Waals surface area contributed by atoms with Crippen molar-refractivity contribution < 1.29 is 5.11 Å². The van der Waals surface area contributed by atoms with E-state index in [4.69, 9.17) is 0 Å².